The fraction of sp³-hybridized carbons (Fsp3) is 0.100. The number of carbonyl (C=O) groups is 1. The van der Waals surface area contributed by atoms with E-state index in [-0.39, 0.29) is 24.4 Å². The Hall–Kier alpha value is -4.28. The molecule has 0 bridgehead atoms. The third-order valence-corrected chi connectivity index (χ3v) is 3.46. The van der Waals surface area contributed by atoms with Crippen molar-refractivity contribution in [3.05, 3.63) is 77.0 Å². The molecule has 0 aliphatic heterocycles. The van der Waals surface area contributed by atoms with Crippen LogP contribution in [0.25, 0.3) is 0 Å². The van der Waals surface area contributed by atoms with Crippen LogP contribution in [0.15, 0.2) is 65.9 Å². The lowest BCUT2D eigenvalue weighted by molar-refractivity contribution is 0.139. The zero-order valence-electron chi connectivity index (χ0n) is 14.3. The number of nitriles is 3. The Labute approximate surface area is 156 Å². The standard InChI is InChI=1S/C20H15N5O2/c21-10-17(11-22)19(12-23)25-18-8-6-15(7-9-18)13-24-20(26)27-14-16-4-2-1-3-5-16/h1-9,25H,13-14H2,(H,24,26). The van der Waals surface area contributed by atoms with Crippen LogP contribution in [0, 0.1) is 34.0 Å². The van der Waals surface area contributed by atoms with Crippen LogP contribution in [0.5, 0.6) is 0 Å². The molecule has 0 aromatic heterocycles. The van der Waals surface area contributed by atoms with Crippen LogP contribution >= 0.6 is 0 Å². The molecule has 2 N–H and O–H groups in total. The SMILES string of the molecule is N#CC(C#N)=C(C#N)Nc1ccc(CNC(=O)OCc2ccccc2)cc1. The molecule has 2 aromatic rings. The van der Waals surface area contributed by atoms with E-state index in [0.717, 1.165) is 11.1 Å². The van der Waals surface area contributed by atoms with E-state index in [9.17, 15) is 4.79 Å². The fourth-order valence-corrected chi connectivity index (χ4v) is 2.08. The van der Waals surface area contributed by atoms with Gasteiger partial charge in [0.25, 0.3) is 0 Å². The summed E-state index contributed by atoms with van der Waals surface area (Å²) in [6.45, 7) is 0.468. The van der Waals surface area contributed by atoms with E-state index in [1.54, 1.807) is 42.5 Å². The van der Waals surface area contributed by atoms with Crippen LogP contribution in [0.1, 0.15) is 11.1 Å². The van der Waals surface area contributed by atoms with E-state index in [4.69, 9.17) is 20.5 Å². The highest BCUT2D eigenvalue weighted by molar-refractivity contribution is 5.67. The summed E-state index contributed by atoms with van der Waals surface area (Å²) in [5.41, 5.74) is 1.86. The van der Waals surface area contributed by atoms with Crippen molar-refractivity contribution < 1.29 is 9.53 Å². The molecule has 0 atom stereocenters. The summed E-state index contributed by atoms with van der Waals surface area (Å²) in [7, 11) is 0. The maximum atomic E-state index is 11.7. The molecule has 0 unspecified atom stereocenters. The van der Waals surface area contributed by atoms with Crippen molar-refractivity contribution in [2.75, 3.05) is 5.32 Å². The number of hydrogen-bond donors (Lipinski definition) is 2. The zero-order chi connectivity index (χ0) is 19.5. The lowest BCUT2D eigenvalue weighted by atomic mass is 10.2. The minimum Gasteiger partial charge on any atom is -0.445 e. The molecule has 7 nitrogen and oxygen atoms in total. The number of alkyl carbamates (subject to hydrolysis) is 1. The second kappa shape index (κ2) is 9.88. The van der Waals surface area contributed by atoms with Crippen molar-refractivity contribution in [3.8, 4) is 18.2 Å². The molecule has 0 aliphatic carbocycles. The summed E-state index contributed by atoms with van der Waals surface area (Å²) in [6.07, 6.45) is -0.525. The van der Waals surface area contributed by atoms with Crippen LogP contribution in [-0.2, 0) is 17.9 Å². The largest absolute Gasteiger partial charge is 0.445 e. The normalized spacial score (nSPS) is 9.07. The Balaban J connectivity index is 1.86. The average Bonchev–Trinajstić information content (AvgIpc) is 2.72. The van der Waals surface area contributed by atoms with E-state index in [0.29, 0.717) is 5.69 Å². The predicted molar refractivity (Wildman–Crippen MR) is 97.4 cm³/mol. The van der Waals surface area contributed by atoms with E-state index in [1.807, 2.05) is 30.3 Å². The van der Waals surface area contributed by atoms with E-state index in [2.05, 4.69) is 10.6 Å². The first-order valence-corrected chi connectivity index (χ1v) is 7.91. The van der Waals surface area contributed by atoms with Crippen LogP contribution in [0.3, 0.4) is 0 Å². The first-order chi connectivity index (χ1) is 13.2. The first-order valence-electron chi connectivity index (χ1n) is 7.91. The van der Waals surface area contributed by atoms with Gasteiger partial charge < -0.3 is 15.4 Å². The van der Waals surface area contributed by atoms with Gasteiger partial charge in [-0.25, -0.2) is 4.79 Å². The number of nitrogens with zero attached hydrogens (tertiary/aromatic N) is 3. The van der Waals surface area contributed by atoms with Gasteiger partial charge in [0.15, 0.2) is 5.57 Å². The number of nitrogens with one attached hydrogen (secondary N) is 2. The molecule has 0 aliphatic rings. The summed E-state index contributed by atoms with van der Waals surface area (Å²) in [5, 5.41) is 32.0. The molecule has 0 saturated heterocycles. The van der Waals surface area contributed by atoms with Crippen LogP contribution in [-0.4, -0.2) is 6.09 Å². The highest BCUT2D eigenvalue weighted by atomic mass is 16.5. The molecular weight excluding hydrogens is 342 g/mol. The van der Waals surface area contributed by atoms with Gasteiger partial charge in [-0.1, -0.05) is 42.5 Å². The van der Waals surface area contributed by atoms with Crippen molar-refractivity contribution in [1.82, 2.24) is 5.32 Å². The number of amides is 1. The molecule has 132 valence electrons. The minimum atomic E-state index is -0.525. The summed E-state index contributed by atoms with van der Waals surface area (Å²) in [4.78, 5) is 11.7. The van der Waals surface area contributed by atoms with Crippen molar-refractivity contribution in [3.63, 3.8) is 0 Å². The topological polar surface area (TPSA) is 122 Å². The third-order valence-electron chi connectivity index (χ3n) is 3.46. The molecule has 0 saturated carbocycles. The molecular formula is C20H15N5O2. The predicted octanol–water partition coefficient (Wildman–Crippen LogP) is 3.35. The van der Waals surface area contributed by atoms with E-state index >= 15 is 0 Å². The Morgan fingerprint density at radius 2 is 1.56 bits per heavy atom. The minimum absolute atomic E-state index is 0.115. The molecule has 2 aromatic carbocycles. The quantitative estimate of drug-likeness (QED) is 0.765. The first kappa shape index (κ1) is 19.1. The smallest absolute Gasteiger partial charge is 0.407 e. The Morgan fingerprint density at radius 1 is 0.889 bits per heavy atom. The van der Waals surface area contributed by atoms with Crippen molar-refractivity contribution >= 4 is 11.8 Å². The van der Waals surface area contributed by atoms with Gasteiger partial charge in [0.1, 0.15) is 30.5 Å². The lowest BCUT2D eigenvalue weighted by Gasteiger charge is -2.08. The number of ether oxygens (including phenoxy) is 1. The number of hydrogen-bond acceptors (Lipinski definition) is 6. The van der Waals surface area contributed by atoms with Gasteiger partial charge >= 0.3 is 6.09 Å². The van der Waals surface area contributed by atoms with Gasteiger partial charge in [-0.15, -0.1) is 0 Å². The second-order valence-electron chi connectivity index (χ2n) is 5.32. The Bertz CT molecular complexity index is 929. The van der Waals surface area contributed by atoms with E-state index < -0.39 is 6.09 Å². The molecule has 27 heavy (non-hydrogen) atoms. The fourth-order valence-electron chi connectivity index (χ4n) is 2.08. The number of allylic oxidation sites excluding steroid dienone is 2. The third kappa shape index (κ3) is 5.94. The summed E-state index contributed by atoms with van der Waals surface area (Å²) >= 11 is 0. The van der Waals surface area contributed by atoms with Gasteiger partial charge in [0.05, 0.1) is 0 Å². The van der Waals surface area contributed by atoms with Crippen LogP contribution in [0.2, 0.25) is 0 Å². The summed E-state index contributed by atoms with van der Waals surface area (Å²) < 4.78 is 5.13. The van der Waals surface area contributed by atoms with E-state index in [1.165, 1.54) is 0 Å². The molecule has 2 rings (SSSR count). The maximum Gasteiger partial charge on any atom is 0.407 e. The Kier molecular flexibility index (Phi) is 6.97. The van der Waals surface area contributed by atoms with Gasteiger partial charge in [0.2, 0.25) is 0 Å². The highest BCUT2D eigenvalue weighted by Crippen LogP contribution is 2.13. The highest BCUT2D eigenvalue weighted by Gasteiger charge is 2.06. The van der Waals surface area contributed by atoms with Crippen molar-refractivity contribution in [2.45, 2.75) is 13.2 Å². The van der Waals surface area contributed by atoms with Crippen LogP contribution in [0.4, 0.5) is 10.5 Å². The lowest BCUT2D eigenvalue weighted by Crippen LogP contribution is -2.23. The van der Waals surface area contributed by atoms with Crippen LogP contribution < -0.4 is 10.6 Å². The molecule has 0 radical (unpaired) electrons. The molecule has 0 spiro atoms. The molecule has 0 fully saturated rings. The summed E-state index contributed by atoms with van der Waals surface area (Å²) in [5.74, 6) is 0. The number of benzene rings is 2. The Morgan fingerprint density at radius 3 is 2.15 bits per heavy atom. The monoisotopic (exact) mass is 357 g/mol. The van der Waals surface area contributed by atoms with Crippen molar-refractivity contribution in [2.24, 2.45) is 0 Å². The number of carbonyl (C=O) groups excluding carboxylic acids is 1. The average molecular weight is 357 g/mol. The van der Waals surface area contributed by atoms with Gasteiger partial charge in [-0.2, -0.15) is 15.8 Å². The van der Waals surface area contributed by atoms with Crippen molar-refractivity contribution in [1.29, 1.82) is 15.8 Å². The number of rotatable bonds is 6. The maximum absolute atomic E-state index is 11.7. The zero-order valence-corrected chi connectivity index (χ0v) is 14.3. The number of anilines is 1. The van der Waals surface area contributed by atoms with Gasteiger partial charge in [0, 0.05) is 12.2 Å². The molecule has 0 heterocycles. The summed E-state index contributed by atoms with van der Waals surface area (Å²) in [6, 6.07) is 21.3. The molecule has 1 amide bonds. The van der Waals surface area contributed by atoms with Gasteiger partial charge in [-0.05, 0) is 23.3 Å². The second-order valence-corrected chi connectivity index (χ2v) is 5.32. The molecule has 7 heteroatoms. The van der Waals surface area contributed by atoms with Gasteiger partial charge in [-0.3, -0.25) is 0 Å².